The molecule has 0 aromatic heterocycles. The normalized spacial score (nSPS) is 36.0. The molecule has 0 spiro atoms. The van der Waals surface area contributed by atoms with Gasteiger partial charge in [-0.2, -0.15) is 0 Å². The minimum Gasteiger partial charge on any atom is -0.315 e. The lowest BCUT2D eigenvalue weighted by molar-refractivity contribution is 0.0838. The first kappa shape index (κ1) is 11.4. The molecule has 2 aliphatic rings. The lowest BCUT2D eigenvalue weighted by Crippen LogP contribution is -2.51. The fraction of sp³-hybridized carbons (Fsp3) is 1.00. The Labute approximate surface area is 94.4 Å². The van der Waals surface area contributed by atoms with Crippen LogP contribution in [-0.4, -0.2) is 37.1 Å². The van der Waals surface area contributed by atoms with E-state index in [9.17, 15) is 0 Å². The van der Waals surface area contributed by atoms with Crippen molar-refractivity contribution in [2.45, 2.75) is 58.0 Å². The van der Waals surface area contributed by atoms with Crippen LogP contribution in [0.15, 0.2) is 0 Å². The van der Waals surface area contributed by atoms with Crippen molar-refractivity contribution in [2.24, 2.45) is 5.41 Å². The molecule has 2 atom stereocenters. The van der Waals surface area contributed by atoms with Crippen molar-refractivity contribution in [3.05, 3.63) is 0 Å². The standard InChI is InChI=1S/C13H26N2/c1-13(2)8-4-7-12(13)15(3)11-6-5-9-14-10-11/h11-12,14H,4-10H2,1-3H3. The van der Waals surface area contributed by atoms with E-state index in [1.54, 1.807) is 0 Å². The Hall–Kier alpha value is -0.0800. The summed E-state index contributed by atoms with van der Waals surface area (Å²) < 4.78 is 0. The van der Waals surface area contributed by atoms with Gasteiger partial charge in [-0.3, -0.25) is 4.90 Å². The SMILES string of the molecule is CN(C1CCCNC1)C1CCCC1(C)C. The molecule has 0 aromatic rings. The molecule has 2 heteroatoms. The topological polar surface area (TPSA) is 15.3 Å². The number of rotatable bonds is 2. The molecule has 1 aliphatic carbocycles. The summed E-state index contributed by atoms with van der Waals surface area (Å²) in [6.45, 7) is 7.30. The number of nitrogens with zero attached hydrogens (tertiary/aromatic N) is 1. The summed E-state index contributed by atoms with van der Waals surface area (Å²) in [7, 11) is 2.34. The fourth-order valence-corrected chi connectivity index (χ4v) is 3.50. The van der Waals surface area contributed by atoms with Crippen LogP contribution < -0.4 is 5.32 Å². The molecule has 2 fully saturated rings. The van der Waals surface area contributed by atoms with Crippen molar-refractivity contribution in [3.8, 4) is 0 Å². The summed E-state index contributed by atoms with van der Waals surface area (Å²) >= 11 is 0. The summed E-state index contributed by atoms with van der Waals surface area (Å²) in [4.78, 5) is 2.67. The van der Waals surface area contributed by atoms with E-state index in [1.807, 2.05) is 0 Å². The summed E-state index contributed by atoms with van der Waals surface area (Å²) in [6, 6.07) is 1.59. The zero-order chi connectivity index (χ0) is 10.9. The van der Waals surface area contributed by atoms with Crippen LogP contribution >= 0.6 is 0 Å². The first-order valence-corrected chi connectivity index (χ1v) is 6.54. The highest BCUT2D eigenvalue weighted by Gasteiger charge is 2.39. The van der Waals surface area contributed by atoms with Crippen LogP contribution in [0.2, 0.25) is 0 Å². The van der Waals surface area contributed by atoms with Crippen LogP contribution in [-0.2, 0) is 0 Å². The maximum absolute atomic E-state index is 3.52. The zero-order valence-corrected chi connectivity index (χ0v) is 10.6. The van der Waals surface area contributed by atoms with Gasteiger partial charge in [0.25, 0.3) is 0 Å². The Morgan fingerprint density at radius 1 is 1.20 bits per heavy atom. The first-order chi connectivity index (χ1) is 7.11. The fourth-order valence-electron chi connectivity index (χ4n) is 3.50. The molecular weight excluding hydrogens is 184 g/mol. The van der Waals surface area contributed by atoms with Crippen molar-refractivity contribution in [2.75, 3.05) is 20.1 Å². The first-order valence-electron chi connectivity index (χ1n) is 6.54. The molecule has 0 aromatic carbocycles. The molecule has 88 valence electrons. The zero-order valence-electron chi connectivity index (χ0n) is 10.6. The van der Waals surface area contributed by atoms with E-state index in [2.05, 4.69) is 31.1 Å². The minimum absolute atomic E-state index is 0.534. The summed E-state index contributed by atoms with van der Waals surface area (Å²) in [5, 5.41) is 3.52. The predicted octanol–water partition coefficient (Wildman–Crippen LogP) is 2.25. The molecule has 1 saturated carbocycles. The van der Waals surface area contributed by atoms with Gasteiger partial charge in [0.1, 0.15) is 0 Å². The lowest BCUT2D eigenvalue weighted by atomic mass is 9.85. The maximum Gasteiger partial charge on any atom is 0.0221 e. The third kappa shape index (κ3) is 2.36. The molecule has 2 unspecified atom stereocenters. The Morgan fingerprint density at radius 2 is 2.00 bits per heavy atom. The molecule has 1 saturated heterocycles. The Balaban J connectivity index is 1.96. The summed E-state index contributed by atoms with van der Waals surface area (Å²) in [5.74, 6) is 0. The second kappa shape index (κ2) is 4.42. The van der Waals surface area contributed by atoms with Crippen LogP contribution in [0.1, 0.15) is 46.0 Å². The number of piperidine rings is 1. The number of hydrogen-bond donors (Lipinski definition) is 1. The second-order valence-electron chi connectivity index (χ2n) is 6.06. The van der Waals surface area contributed by atoms with Gasteiger partial charge in [0.05, 0.1) is 0 Å². The van der Waals surface area contributed by atoms with Gasteiger partial charge in [-0.25, -0.2) is 0 Å². The molecule has 0 amide bonds. The Morgan fingerprint density at radius 3 is 2.53 bits per heavy atom. The van der Waals surface area contributed by atoms with Gasteiger partial charge in [-0.05, 0) is 44.7 Å². The maximum atomic E-state index is 3.52. The van der Waals surface area contributed by atoms with E-state index in [1.165, 1.54) is 45.2 Å². The third-order valence-corrected chi connectivity index (χ3v) is 4.54. The highest BCUT2D eigenvalue weighted by atomic mass is 15.2. The quantitative estimate of drug-likeness (QED) is 0.752. The highest BCUT2D eigenvalue weighted by molar-refractivity contribution is 4.93. The summed E-state index contributed by atoms with van der Waals surface area (Å²) in [5.41, 5.74) is 0.534. The van der Waals surface area contributed by atoms with Gasteiger partial charge in [0.15, 0.2) is 0 Å². The monoisotopic (exact) mass is 210 g/mol. The van der Waals surface area contributed by atoms with E-state index in [4.69, 9.17) is 0 Å². The van der Waals surface area contributed by atoms with Gasteiger partial charge in [-0.1, -0.05) is 20.3 Å². The van der Waals surface area contributed by atoms with Crippen molar-refractivity contribution < 1.29 is 0 Å². The van der Waals surface area contributed by atoms with Crippen molar-refractivity contribution in [3.63, 3.8) is 0 Å². The molecule has 0 radical (unpaired) electrons. The third-order valence-electron chi connectivity index (χ3n) is 4.54. The number of nitrogens with one attached hydrogen (secondary N) is 1. The lowest BCUT2D eigenvalue weighted by Gasteiger charge is -2.41. The van der Waals surface area contributed by atoms with Crippen molar-refractivity contribution >= 4 is 0 Å². The molecule has 15 heavy (non-hydrogen) atoms. The predicted molar refractivity (Wildman–Crippen MR) is 65.1 cm³/mol. The van der Waals surface area contributed by atoms with Crippen LogP contribution in [0.25, 0.3) is 0 Å². The van der Waals surface area contributed by atoms with Gasteiger partial charge in [0.2, 0.25) is 0 Å². The van der Waals surface area contributed by atoms with Gasteiger partial charge >= 0.3 is 0 Å². The van der Waals surface area contributed by atoms with Crippen molar-refractivity contribution in [1.29, 1.82) is 0 Å². The van der Waals surface area contributed by atoms with E-state index in [0.29, 0.717) is 5.41 Å². The highest BCUT2D eigenvalue weighted by Crippen LogP contribution is 2.40. The van der Waals surface area contributed by atoms with Crippen LogP contribution in [0.3, 0.4) is 0 Å². The van der Waals surface area contributed by atoms with E-state index in [0.717, 1.165) is 12.1 Å². The molecule has 1 aliphatic heterocycles. The molecule has 1 N–H and O–H groups in total. The molecule has 0 bridgehead atoms. The van der Waals surface area contributed by atoms with E-state index in [-0.39, 0.29) is 0 Å². The van der Waals surface area contributed by atoms with Crippen LogP contribution in [0.5, 0.6) is 0 Å². The van der Waals surface area contributed by atoms with E-state index >= 15 is 0 Å². The van der Waals surface area contributed by atoms with E-state index < -0.39 is 0 Å². The summed E-state index contributed by atoms with van der Waals surface area (Å²) in [6.07, 6.45) is 6.96. The molecule has 2 rings (SSSR count). The second-order valence-corrected chi connectivity index (χ2v) is 6.06. The number of likely N-dealkylation sites (N-methyl/N-ethyl adjacent to an activating group) is 1. The average Bonchev–Trinajstić information content (AvgIpc) is 2.58. The smallest absolute Gasteiger partial charge is 0.0221 e. The minimum atomic E-state index is 0.534. The molecule has 1 heterocycles. The van der Waals surface area contributed by atoms with Gasteiger partial charge in [-0.15, -0.1) is 0 Å². The average molecular weight is 210 g/mol. The van der Waals surface area contributed by atoms with Gasteiger partial charge < -0.3 is 5.32 Å². The van der Waals surface area contributed by atoms with Crippen LogP contribution in [0, 0.1) is 5.41 Å². The largest absolute Gasteiger partial charge is 0.315 e. The Bertz CT molecular complexity index is 207. The van der Waals surface area contributed by atoms with Crippen LogP contribution in [0.4, 0.5) is 0 Å². The Kier molecular flexibility index (Phi) is 3.36. The van der Waals surface area contributed by atoms with Crippen molar-refractivity contribution in [1.82, 2.24) is 10.2 Å². The number of hydrogen-bond acceptors (Lipinski definition) is 2. The molecule has 2 nitrogen and oxygen atoms in total. The molecular formula is C13H26N2. The van der Waals surface area contributed by atoms with Gasteiger partial charge in [0, 0.05) is 18.6 Å².